The average Bonchev–Trinajstić information content (AvgIpc) is 2.93. The first-order valence-corrected chi connectivity index (χ1v) is 7.92. The number of aliphatic hydroxyl groups is 1. The van der Waals surface area contributed by atoms with E-state index in [-0.39, 0.29) is 5.54 Å². The molecule has 3 nitrogen and oxygen atoms in total. The van der Waals surface area contributed by atoms with E-state index in [4.69, 9.17) is 4.42 Å². The van der Waals surface area contributed by atoms with Crippen LogP contribution in [0.1, 0.15) is 50.5 Å². The van der Waals surface area contributed by atoms with E-state index in [0.717, 1.165) is 29.6 Å². The summed E-state index contributed by atoms with van der Waals surface area (Å²) < 4.78 is 5.96. The number of hydrogen-bond acceptors (Lipinski definition) is 3. The zero-order valence-electron chi connectivity index (χ0n) is 13.2. The fourth-order valence-corrected chi connectivity index (χ4v) is 3.35. The number of aryl methyl sites for hydroxylation is 1. The molecule has 1 aliphatic rings. The van der Waals surface area contributed by atoms with Gasteiger partial charge in [-0.05, 0) is 58.3 Å². The van der Waals surface area contributed by atoms with E-state index in [1.54, 1.807) is 0 Å². The molecule has 0 spiro atoms. The number of benzene rings is 1. The van der Waals surface area contributed by atoms with Gasteiger partial charge < -0.3 is 9.52 Å². The van der Waals surface area contributed by atoms with Crippen molar-refractivity contribution in [2.75, 3.05) is 13.1 Å². The highest BCUT2D eigenvalue weighted by molar-refractivity contribution is 5.81. The smallest absolute Gasteiger partial charge is 0.137 e. The highest BCUT2D eigenvalue weighted by atomic mass is 16.4. The fourth-order valence-electron chi connectivity index (χ4n) is 3.35. The molecule has 3 heteroatoms. The van der Waals surface area contributed by atoms with Gasteiger partial charge in [-0.1, -0.05) is 24.6 Å². The first-order valence-electron chi connectivity index (χ1n) is 7.92. The quantitative estimate of drug-likeness (QED) is 0.925. The normalized spacial score (nSPS) is 19.0. The van der Waals surface area contributed by atoms with Crippen molar-refractivity contribution in [1.29, 1.82) is 0 Å². The van der Waals surface area contributed by atoms with Gasteiger partial charge in [-0.3, -0.25) is 4.90 Å². The first-order chi connectivity index (χ1) is 10.00. The standard InChI is InChI=1S/C18H25NO2/c1-13-8-7-9-14-12-15(21-16(13)14)17(20)18(2,3)19-10-5-4-6-11-19/h7-9,12,17,20H,4-6,10-11H2,1-3H3. The average molecular weight is 287 g/mol. The monoisotopic (exact) mass is 287 g/mol. The zero-order valence-corrected chi connectivity index (χ0v) is 13.2. The van der Waals surface area contributed by atoms with Gasteiger partial charge in [0.25, 0.3) is 0 Å². The van der Waals surface area contributed by atoms with E-state index in [1.807, 2.05) is 31.2 Å². The number of likely N-dealkylation sites (tertiary alicyclic amines) is 1. The van der Waals surface area contributed by atoms with Gasteiger partial charge in [-0.15, -0.1) is 0 Å². The number of fused-ring (bicyclic) bond motifs is 1. The number of nitrogens with zero attached hydrogens (tertiary/aromatic N) is 1. The Morgan fingerprint density at radius 2 is 1.90 bits per heavy atom. The summed E-state index contributed by atoms with van der Waals surface area (Å²) in [7, 11) is 0. The molecule has 0 saturated carbocycles. The molecule has 1 saturated heterocycles. The summed E-state index contributed by atoms with van der Waals surface area (Å²) >= 11 is 0. The molecule has 2 aromatic rings. The van der Waals surface area contributed by atoms with E-state index in [0.29, 0.717) is 5.76 Å². The molecule has 1 aromatic carbocycles. The summed E-state index contributed by atoms with van der Waals surface area (Å²) in [5.41, 5.74) is 1.70. The molecular formula is C18H25NO2. The van der Waals surface area contributed by atoms with Crippen LogP contribution in [0.25, 0.3) is 11.0 Å². The Bertz CT molecular complexity index is 623. The topological polar surface area (TPSA) is 36.6 Å². The maximum absolute atomic E-state index is 10.9. The van der Waals surface area contributed by atoms with Crippen molar-refractivity contribution >= 4 is 11.0 Å². The second-order valence-electron chi connectivity index (χ2n) is 6.75. The van der Waals surface area contributed by atoms with Crippen LogP contribution in [0.5, 0.6) is 0 Å². The van der Waals surface area contributed by atoms with Gasteiger partial charge in [0.2, 0.25) is 0 Å². The van der Waals surface area contributed by atoms with Crippen molar-refractivity contribution < 1.29 is 9.52 Å². The van der Waals surface area contributed by atoms with E-state index >= 15 is 0 Å². The van der Waals surface area contributed by atoms with Gasteiger partial charge in [-0.2, -0.15) is 0 Å². The summed E-state index contributed by atoms with van der Waals surface area (Å²) in [6, 6.07) is 8.09. The first kappa shape index (κ1) is 14.6. The zero-order chi connectivity index (χ0) is 15.0. The van der Waals surface area contributed by atoms with Gasteiger partial charge in [0.1, 0.15) is 17.4 Å². The highest BCUT2D eigenvalue weighted by Gasteiger charge is 2.37. The number of hydrogen-bond donors (Lipinski definition) is 1. The molecule has 1 aromatic heterocycles. The van der Waals surface area contributed by atoms with Gasteiger partial charge in [0.15, 0.2) is 0 Å². The predicted octanol–water partition coefficient (Wildman–Crippen LogP) is 4.04. The minimum Gasteiger partial charge on any atom is -0.458 e. The van der Waals surface area contributed by atoms with Gasteiger partial charge in [-0.25, -0.2) is 0 Å². The van der Waals surface area contributed by atoms with Crippen LogP contribution in [0, 0.1) is 6.92 Å². The molecule has 1 aliphatic heterocycles. The predicted molar refractivity (Wildman–Crippen MR) is 85.4 cm³/mol. The Hall–Kier alpha value is -1.32. The fraction of sp³-hybridized carbons (Fsp3) is 0.556. The van der Waals surface area contributed by atoms with E-state index in [1.165, 1.54) is 19.3 Å². The SMILES string of the molecule is Cc1cccc2cc(C(O)C(C)(C)N3CCCCC3)oc12. The van der Waals surface area contributed by atoms with Gasteiger partial charge in [0, 0.05) is 10.9 Å². The van der Waals surface area contributed by atoms with Gasteiger partial charge in [0.05, 0.1) is 0 Å². The Labute approximate surface area is 126 Å². The third-order valence-corrected chi connectivity index (χ3v) is 4.87. The summed E-state index contributed by atoms with van der Waals surface area (Å²) in [6.07, 6.45) is 3.12. The molecule has 0 amide bonds. The van der Waals surface area contributed by atoms with Crippen molar-refractivity contribution in [3.05, 3.63) is 35.6 Å². The van der Waals surface area contributed by atoms with Crippen LogP contribution in [0.2, 0.25) is 0 Å². The van der Waals surface area contributed by atoms with E-state index < -0.39 is 6.10 Å². The number of para-hydroxylation sites is 1. The van der Waals surface area contributed by atoms with Crippen LogP contribution < -0.4 is 0 Å². The maximum atomic E-state index is 10.9. The Balaban J connectivity index is 1.91. The number of piperidine rings is 1. The Morgan fingerprint density at radius 1 is 1.19 bits per heavy atom. The molecule has 114 valence electrons. The lowest BCUT2D eigenvalue weighted by atomic mass is 9.90. The summed E-state index contributed by atoms with van der Waals surface area (Å²) in [4.78, 5) is 2.39. The van der Waals surface area contributed by atoms with Gasteiger partial charge >= 0.3 is 0 Å². The lowest BCUT2D eigenvalue weighted by Crippen LogP contribution is -2.50. The van der Waals surface area contributed by atoms with Crippen molar-refractivity contribution in [3.8, 4) is 0 Å². The molecule has 3 rings (SSSR count). The number of aliphatic hydroxyl groups excluding tert-OH is 1. The Kier molecular flexibility index (Phi) is 3.80. The molecular weight excluding hydrogens is 262 g/mol. The second-order valence-corrected chi connectivity index (χ2v) is 6.75. The molecule has 21 heavy (non-hydrogen) atoms. The van der Waals surface area contributed by atoms with Crippen molar-refractivity contribution in [1.82, 2.24) is 4.90 Å². The van der Waals surface area contributed by atoms with Crippen LogP contribution >= 0.6 is 0 Å². The molecule has 1 atom stereocenters. The Morgan fingerprint density at radius 3 is 2.57 bits per heavy atom. The van der Waals surface area contributed by atoms with Crippen molar-refractivity contribution in [3.63, 3.8) is 0 Å². The molecule has 1 N–H and O–H groups in total. The minimum atomic E-state index is -0.609. The third-order valence-electron chi connectivity index (χ3n) is 4.87. The number of rotatable bonds is 3. The molecule has 0 aliphatic carbocycles. The summed E-state index contributed by atoms with van der Waals surface area (Å²) in [5, 5.41) is 11.9. The van der Waals surface area contributed by atoms with Crippen molar-refractivity contribution in [2.45, 2.75) is 51.7 Å². The lowest BCUT2D eigenvalue weighted by Gasteiger charge is -2.43. The molecule has 1 fully saturated rings. The van der Waals surface area contributed by atoms with E-state index in [2.05, 4.69) is 18.7 Å². The molecule has 0 bridgehead atoms. The van der Waals surface area contributed by atoms with Crippen LogP contribution in [0.4, 0.5) is 0 Å². The summed E-state index contributed by atoms with van der Waals surface area (Å²) in [6.45, 7) is 8.39. The highest BCUT2D eigenvalue weighted by Crippen LogP contribution is 2.36. The maximum Gasteiger partial charge on any atom is 0.137 e. The molecule has 2 heterocycles. The molecule has 0 radical (unpaired) electrons. The third kappa shape index (κ3) is 2.60. The lowest BCUT2D eigenvalue weighted by molar-refractivity contribution is -0.0304. The second kappa shape index (κ2) is 5.47. The minimum absolute atomic E-state index is 0.303. The van der Waals surface area contributed by atoms with Crippen LogP contribution in [-0.2, 0) is 0 Å². The largest absolute Gasteiger partial charge is 0.458 e. The van der Waals surface area contributed by atoms with Crippen LogP contribution in [0.15, 0.2) is 28.7 Å². The van der Waals surface area contributed by atoms with Crippen LogP contribution in [-0.4, -0.2) is 28.6 Å². The molecule has 1 unspecified atom stereocenters. The van der Waals surface area contributed by atoms with E-state index in [9.17, 15) is 5.11 Å². The van der Waals surface area contributed by atoms with Crippen molar-refractivity contribution in [2.24, 2.45) is 0 Å². The number of furan rings is 1. The summed E-state index contributed by atoms with van der Waals surface area (Å²) in [5.74, 6) is 0.676. The van der Waals surface area contributed by atoms with Crippen LogP contribution in [0.3, 0.4) is 0 Å².